The van der Waals surface area contributed by atoms with Gasteiger partial charge >= 0.3 is 12.1 Å². The van der Waals surface area contributed by atoms with E-state index in [1.165, 1.54) is 62.2 Å². The van der Waals surface area contributed by atoms with Crippen molar-refractivity contribution in [2.45, 2.75) is 58.5 Å². The van der Waals surface area contributed by atoms with E-state index in [9.17, 15) is 43.2 Å². The van der Waals surface area contributed by atoms with Crippen LogP contribution in [-0.4, -0.2) is 108 Å². The van der Waals surface area contributed by atoms with Crippen LogP contribution in [0.2, 0.25) is 0 Å². The predicted molar refractivity (Wildman–Crippen MR) is 244 cm³/mol. The van der Waals surface area contributed by atoms with Crippen molar-refractivity contribution >= 4 is 93.9 Å². The fourth-order valence-corrected chi connectivity index (χ4v) is 6.16. The Morgan fingerprint density at radius 1 is 0.500 bits per heavy atom. The van der Waals surface area contributed by atoms with Gasteiger partial charge in [-0.05, 0) is 20.8 Å². The minimum Gasteiger partial charge on any atom is -0.475 e. The summed E-state index contributed by atoms with van der Waals surface area (Å²) in [5.74, 6) is -4.60. The van der Waals surface area contributed by atoms with E-state index in [2.05, 4.69) is 57.5 Å². The third-order valence-corrected chi connectivity index (χ3v) is 9.27. The molecule has 0 aliphatic rings. The molecule has 68 heavy (non-hydrogen) atoms. The summed E-state index contributed by atoms with van der Waals surface area (Å²) in [5, 5.41) is 29.9. The van der Waals surface area contributed by atoms with Gasteiger partial charge in [0.05, 0.1) is 11.4 Å². The number of hydrogen-bond acceptors (Lipinski definition) is 13. The van der Waals surface area contributed by atoms with E-state index in [0.29, 0.717) is 23.0 Å². The second kappa shape index (κ2) is 21.5. The lowest BCUT2D eigenvalue weighted by atomic mass is 10.2. The first kappa shape index (κ1) is 50.2. The normalized spacial score (nSPS) is 11.0. The zero-order valence-electron chi connectivity index (χ0n) is 38.4. The zero-order chi connectivity index (χ0) is 50.0. The first-order valence-corrected chi connectivity index (χ1v) is 20.7. The molecule has 0 saturated carbocycles. The van der Waals surface area contributed by atoms with Crippen molar-refractivity contribution in [3.8, 4) is 0 Å². The number of carboxylic acids is 1. The van der Waals surface area contributed by atoms with Crippen LogP contribution in [0.15, 0.2) is 43.1 Å². The highest BCUT2D eigenvalue weighted by Gasteiger charge is 2.21. The lowest BCUT2D eigenvalue weighted by molar-refractivity contribution is -0.121. The van der Waals surface area contributed by atoms with Crippen LogP contribution >= 0.6 is 0 Å². The summed E-state index contributed by atoms with van der Waals surface area (Å²) < 4.78 is 12.3. The van der Waals surface area contributed by atoms with Gasteiger partial charge < -0.3 is 75.2 Å². The quantitative estimate of drug-likeness (QED) is 0.0574. The molecule has 5 rings (SSSR count). The molecule has 0 saturated heterocycles. The number of carbonyl (C=O) groups is 9. The Bertz CT molecular complexity index is 2770. The summed E-state index contributed by atoms with van der Waals surface area (Å²) in [6, 6.07) is 2.99. The summed E-state index contributed by atoms with van der Waals surface area (Å²) in [4.78, 5) is 124. The number of carboxylic acid groups (broad SMARTS) is 1. The number of aromatic carboxylic acids is 1. The second-order valence-electron chi connectivity index (χ2n) is 16.3. The highest BCUT2D eigenvalue weighted by Crippen LogP contribution is 2.21. The molecule has 0 radical (unpaired) electrons. The molecule has 5 aromatic heterocycles. The number of hydrogen-bond donors (Lipinski definition) is 9. The summed E-state index contributed by atoms with van der Waals surface area (Å²) in [6.45, 7) is 5.17. The first-order valence-electron chi connectivity index (χ1n) is 20.7. The van der Waals surface area contributed by atoms with Crippen molar-refractivity contribution < 1.29 is 53.0 Å². The van der Waals surface area contributed by atoms with Gasteiger partial charge in [0, 0.05) is 117 Å². The third kappa shape index (κ3) is 14.4. The van der Waals surface area contributed by atoms with Crippen LogP contribution in [0.1, 0.15) is 84.7 Å². The highest BCUT2D eigenvalue weighted by molar-refractivity contribution is 6.05. The van der Waals surface area contributed by atoms with Crippen LogP contribution in [0.4, 0.5) is 45.3 Å². The number of imidazole rings is 3. The number of rotatable bonds is 19. The number of amides is 8. The summed E-state index contributed by atoms with van der Waals surface area (Å²) >= 11 is 0. The van der Waals surface area contributed by atoms with Crippen molar-refractivity contribution in [3.05, 3.63) is 60.6 Å². The Labute approximate surface area is 387 Å². The van der Waals surface area contributed by atoms with Gasteiger partial charge in [-0.25, -0.2) is 24.5 Å². The molecule has 5 aromatic rings. The fraction of sp³-hybridized carbons (Fsp3) is 0.366. The Kier molecular flexibility index (Phi) is 15.9. The van der Waals surface area contributed by atoms with E-state index in [1.54, 1.807) is 59.7 Å². The number of nitrogens with one attached hydrogen (secondary N) is 8. The van der Waals surface area contributed by atoms with Crippen LogP contribution < -0.4 is 42.5 Å². The monoisotopic (exact) mass is 944 g/mol. The van der Waals surface area contributed by atoms with Crippen LogP contribution in [0.3, 0.4) is 0 Å². The number of nitrogens with zero attached hydrogens (tertiary/aromatic N) is 8. The number of alkyl carbamates (subject to hydrolysis) is 1. The van der Waals surface area contributed by atoms with Crippen molar-refractivity contribution in [2.24, 2.45) is 35.2 Å². The smallest absolute Gasteiger partial charge is 0.407 e. The van der Waals surface area contributed by atoms with Crippen molar-refractivity contribution in [1.29, 1.82) is 0 Å². The maximum absolute atomic E-state index is 13.1. The predicted octanol–water partition coefficient (Wildman–Crippen LogP) is 2.34. The summed E-state index contributed by atoms with van der Waals surface area (Å²) in [7, 11) is 7.82. The van der Waals surface area contributed by atoms with Gasteiger partial charge in [-0.1, -0.05) is 0 Å². The molecule has 0 unspecified atom stereocenters. The lowest BCUT2D eigenvalue weighted by Crippen LogP contribution is -2.34. The average molecular weight is 945 g/mol. The minimum atomic E-state index is -1.26. The molecule has 27 heteroatoms. The van der Waals surface area contributed by atoms with E-state index >= 15 is 0 Å². The number of aromatic nitrogens is 8. The van der Waals surface area contributed by atoms with E-state index in [4.69, 9.17) is 9.84 Å². The van der Waals surface area contributed by atoms with Gasteiger partial charge in [-0.2, -0.15) is 0 Å². The van der Waals surface area contributed by atoms with Crippen molar-refractivity contribution in [3.63, 3.8) is 0 Å². The van der Waals surface area contributed by atoms with Gasteiger partial charge in [0.15, 0.2) is 17.5 Å². The maximum Gasteiger partial charge on any atom is 0.407 e. The number of anilines is 7. The van der Waals surface area contributed by atoms with Crippen LogP contribution in [0, 0.1) is 0 Å². The second-order valence-corrected chi connectivity index (χ2v) is 16.3. The molecule has 0 aliphatic carbocycles. The zero-order valence-corrected chi connectivity index (χ0v) is 38.4. The van der Waals surface area contributed by atoms with E-state index in [1.807, 2.05) is 0 Å². The largest absolute Gasteiger partial charge is 0.475 e. The topological polar surface area (TPSA) is 343 Å². The van der Waals surface area contributed by atoms with Crippen molar-refractivity contribution in [1.82, 2.24) is 43.1 Å². The molecule has 0 bridgehead atoms. The van der Waals surface area contributed by atoms with E-state index in [0.717, 1.165) is 0 Å². The molecule has 0 spiro atoms. The SMILES string of the molecule is Cn1cc(NC(=O)c2nc(NC(=O)CCC(=O)Nc3cc(NC(=O)c4nc(NC(=O)CCNC(=O)OC(C)(C)C)cn4C)cn3C)cn2C)cc1NC(=O)CCC(=O)Nc1cn(C)c(C(=O)O)n1. The summed E-state index contributed by atoms with van der Waals surface area (Å²) in [5.41, 5.74) is -0.0616. The van der Waals surface area contributed by atoms with Crippen LogP contribution in [0.5, 0.6) is 0 Å². The molecule has 0 fully saturated rings. The highest BCUT2D eigenvalue weighted by atomic mass is 16.6. The summed E-state index contributed by atoms with van der Waals surface area (Å²) in [6.07, 6.45) is 5.67. The molecule has 9 N–H and O–H groups in total. The number of carbonyl (C=O) groups excluding carboxylic acids is 8. The van der Waals surface area contributed by atoms with Gasteiger partial charge in [-0.15, -0.1) is 0 Å². The minimum absolute atomic E-state index is 0.0213. The number of aryl methyl sites for hydroxylation is 5. The molecular weight excluding hydrogens is 893 g/mol. The molecule has 5 heterocycles. The third-order valence-electron chi connectivity index (χ3n) is 9.27. The molecular formula is C41H52N16O11. The molecule has 27 nitrogen and oxygen atoms in total. The Morgan fingerprint density at radius 3 is 1.22 bits per heavy atom. The van der Waals surface area contributed by atoms with Crippen LogP contribution in [-0.2, 0) is 63.9 Å². The van der Waals surface area contributed by atoms with Gasteiger partial charge in [0.25, 0.3) is 11.8 Å². The maximum atomic E-state index is 13.1. The molecule has 0 aromatic carbocycles. The Hall–Kier alpha value is -8.78. The van der Waals surface area contributed by atoms with Crippen LogP contribution in [0.25, 0.3) is 0 Å². The average Bonchev–Trinajstić information content (AvgIpc) is 4.04. The van der Waals surface area contributed by atoms with Gasteiger partial charge in [0.2, 0.25) is 47.0 Å². The molecule has 8 amide bonds. The lowest BCUT2D eigenvalue weighted by Gasteiger charge is -2.19. The number of ether oxygens (including phenoxy) is 1. The molecule has 362 valence electrons. The first-order chi connectivity index (χ1) is 31.9. The Balaban J connectivity index is 1.03. The van der Waals surface area contributed by atoms with Crippen molar-refractivity contribution in [2.75, 3.05) is 43.8 Å². The Morgan fingerprint density at radius 2 is 0.853 bits per heavy atom. The standard InChI is InChI=1S/C41H52N16O11/c1-41(2,3)68-40(67)42-14-13-33(62)47-25-20-56(7)35(49-25)38(64)44-23-16-27(54(5)18-23)51-31(60)11-9-29(58)45-24-19-55(6)34(48-24)37(63)43-22-15-28(53(4)17-22)52-32(61)12-10-30(59)46-26-21-57(8)36(50-26)39(65)66/h15-21H,9-14H2,1-8H3,(H,42,67)(H,43,63)(H,44,64)(H,45,58)(H,46,59)(H,47,62)(H,51,60)(H,52,61)(H,65,66). The van der Waals surface area contributed by atoms with Gasteiger partial charge in [0.1, 0.15) is 17.2 Å². The fourth-order valence-electron chi connectivity index (χ4n) is 6.16. The van der Waals surface area contributed by atoms with Gasteiger partial charge in [-0.3, -0.25) is 33.6 Å². The van der Waals surface area contributed by atoms with E-state index in [-0.39, 0.29) is 73.6 Å². The molecule has 0 aliphatic heterocycles. The van der Waals surface area contributed by atoms with E-state index < -0.39 is 59.0 Å². The molecule has 0 atom stereocenters.